The molecule has 3 rings (SSSR count). The standard InChI is InChI=1S/C23H37N3O2/c1-19-8-9-21(24-17-19)25-20-10-15-26(16-11-20)18-23(12-4-2-5-13-23)14-6-3-7-22(27)28/h8-9,17,20H,2-7,10-16,18H2,1H3,(H,24,25)(H,27,28). The van der Waals surface area contributed by atoms with E-state index < -0.39 is 5.97 Å². The zero-order valence-electron chi connectivity index (χ0n) is 17.5. The molecular weight excluding hydrogens is 350 g/mol. The van der Waals surface area contributed by atoms with E-state index >= 15 is 0 Å². The fourth-order valence-corrected chi connectivity index (χ4v) is 5.04. The Kier molecular flexibility index (Phi) is 7.72. The normalized spacial score (nSPS) is 20.8. The second-order valence-corrected chi connectivity index (χ2v) is 9.08. The van der Waals surface area contributed by atoms with Gasteiger partial charge in [-0.2, -0.15) is 0 Å². The number of anilines is 1. The predicted molar refractivity (Wildman–Crippen MR) is 114 cm³/mol. The number of nitrogens with one attached hydrogen (secondary N) is 1. The van der Waals surface area contributed by atoms with Crippen LogP contribution in [0.2, 0.25) is 0 Å². The highest BCUT2D eigenvalue weighted by Gasteiger charge is 2.34. The van der Waals surface area contributed by atoms with Crippen LogP contribution in [0.1, 0.15) is 76.2 Å². The molecule has 0 spiro atoms. The molecule has 0 amide bonds. The molecule has 0 bridgehead atoms. The van der Waals surface area contributed by atoms with Crippen molar-refractivity contribution in [2.24, 2.45) is 5.41 Å². The van der Waals surface area contributed by atoms with E-state index in [2.05, 4.69) is 34.3 Å². The molecule has 0 radical (unpaired) electrons. The zero-order chi connectivity index (χ0) is 19.8. The number of aliphatic carboxylic acids is 1. The maximum Gasteiger partial charge on any atom is 0.303 e. The highest BCUT2D eigenvalue weighted by molar-refractivity contribution is 5.66. The molecule has 5 nitrogen and oxygen atoms in total. The molecule has 5 heteroatoms. The summed E-state index contributed by atoms with van der Waals surface area (Å²) in [5.41, 5.74) is 1.62. The summed E-state index contributed by atoms with van der Waals surface area (Å²) in [4.78, 5) is 18.0. The van der Waals surface area contributed by atoms with Gasteiger partial charge in [0.2, 0.25) is 0 Å². The van der Waals surface area contributed by atoms with Crippen LogP contribution in [0.4, 0.5) is 5.82 Å². The Labute approximate surface area is 169 Å². The monoisotopic (exact) mass is 387 g/mol. The van der Waals surface area contributed by atoms with Crippen molar-refractivity contribution >= 4 is 11.8 Å². The first-order chi connectivity index (χ1) is 13.5. The molecule has 156 valence electrons. The number of carbonyl (C=O) groups is 1. The third-order valence-corrected chi connectivity index (χ3v) is 6.67. The van der Waals surface area contributed by atoms with Crippen molar-refractivity contribution in [2.75, 3.05) is 25.0 Å². The van der Waals surface area contributed by atoms with Gasteiger partial charge in [0.15, 0.2) is 0 Å². The first-order valence-electron chi connectivity index (χ1n) is 11.2. The van der Waals surface area contributed by atoms with Crippen LogP contribution < -0.4 is 5.32 Å². The van der Waals surface area contributed by atoms with Crippen LogP contribution in [0.15, 0.2) is 18.3 Å². The van der Waals surface area contributed by atoms with Crippen LogP contribution in [-0.2, 0) is 4.79 Å². The van der Waals surface area contributed by atoms with Crippen LogP contribution in [0.5, 0.6) is 0 Å². The minimum Gasteiger partial charge on any atom is -0.481 e. The number of unbranched alkanes of at least 4 members (excludes halogenated alkanes) is 1. The number of aromatic nitrogens is 1. The van der Waals surface area contributed by atoms with Crippen molar-refractivity contribution in [2.45, 2.75) is 83.6 Å². The Hall–Kier alpha value is -1.62. The van der Waals surface area contributed by atoms with Crippen molar-refractivity contribution in [1.82, 2.24) is 9.88 Å². The van der Waals surface area contributed by atoms with E-state index in [1.165, 1.54) is 63.5 Å². The summed E-state index contributed by atoms with van der Waals surface area (Å²) in [6.45, 7) is 5.58. The molecule has 2 heterocycles. The fraction of sp³-hybridized carbons (Fsp3) is 0.739. The highest BCUT2D eigenvalue weighted by Crippen LogP contribution is 2.41. The average molecular weight is 388 g/mol. The van der Waals surface area contributed by atoms with Crippen LogP contribution in [0.3, 0.4) is 0 Å². The van der Waals surface area contributed by atoms with Crippen LogP contribution in [0, 0.1) is 12.3 Å². The summed E-state index contributed by atoms with van der Waals surface area (Å²) in [5, 5.41) is 12.5. The van der Waals surface area contributed by atoms with Crippen LogP contribution in [0.25, 0.3) is 0 Å². The first-order valence-corrected chi connectivity index (χ1v) is 11.2. The van der Waals surface area contributed by atoms with Crippen molar-refractivity contribution in [3.63, 3.8) is 0 Å². The van der Waals surface area contributed by atoms with Crippen molar-refractivity contribution in [3.8, 4) is 0 Å². The molecule has 1 aliphatic carbocycles. The Bertz CT molecular complexity index is 603. The molecule has 1 saturated heterocycles. The molecule has 2 fully saturated rings. The Morgan fingerprint density at radius 3 is 2.61 bits per heavy atom. The second kappa shape index (κ2) is 10.2. The number of aryl methyl sites for hydroxylation is 1. The van der Waals surface area contributed by atoms with E-state index in [4.69, 9.17) is 5.11 Å². The van der Waals surface area contributed by atoms with E-state index in [1.807, 2.05) is 6.20 Å². The third kappa shape index (κ3) is 6.47. The van der Waals surface area contributed by atoms with Gasteiger partial charge in [-0.25, -0.2) is 4.98 Å². The number of nitrogens with zero attached hydrogens (tertiary/aromatic N) is 2. The zero-order valence-corrected chi connectivity index (χ0v) is 17.5. The fourth-order valence-electron chi connectivity index (χ4n) is 5.04. The Balaban J connectivity index is 1.46. The lowest BCUT2D eigenvalue weighted by Gasteiger charge is -2.43. The summed E-state index contributed by atoms with van der Waals surface area (Å²) in [6, 6.07) is 4.71. The minimum absolute atomic E-state index is 0.320. The second-order valence-electron chi connectivity index (χ2n) is 9.08. The van der Waals surface area contributed by atoms with Gasteiger partial charge in [0.25, 0.3) is 0 Å². The molecule has 0 atom stereocenters. The summed E-state index contributed by atoms with van der Waals surface area (Å²) in [5.74, 6) is 0.335. The van der Waals surface area contributed by atoms with E-state index in [1.54, 1.807) is 0 Å². The predicted octanol–water partition coefficient (Wildman–Crippen LogP) is 4.86. The number of likely N-dealkylation sites (tertiary alicyclic amines) is 1. The third-order valence-electron chi connectivity index (χ3n) is 6.67. The summed E-state index contributed by atoms with van der Waals surface area (Å²) in [6.07, 6.45) is 14.4. The van der Waals surface area contributed by atoms with Crippen LogP contribution >= 0.6 is 0 Å². The quantitative estimate of drug-likeness (QED) is 0.592. The molecule has 28 heavy (non-hydrogen) atoms. The van der Waals surface area contributed by atoms with Gasteiger partial charge < -0.3 is 15.3 Å². The molecule has 1 aromatic heterocycles. The lowest BCUT2D eigenvalue weighted by atomic mass is 9.70. The first kappa shape index (κ1) is 21.1. The Morgan fingerprint density at radius 2 is 1.96 bits per heavy atom. The average Bonchev–Trinajstić information content (AvgIpc) is 2.69. The smallest absolute Gasteiger partial charge is 0.303 e. The number of hydrogen-bond acceptors (Lipinski definition) is 4. The number of rotatable bonds is 9. The van der Waals surface area contributed by atoms with Gasteiger partial charge in [0, 0.05) is 38.3 Å². The number of pyridine rings is 1. The number of hydrogen-bond donors (Lipinski definition) is 2. The van der Waals surface area contributed by atoms with Crippen molar-refractivity contribution in [1.29, 1.82) is 0 Å². The van der Waals surface area contributed by atoms with E-state index in [-0.39, 0.29) is 0 Å². The van der Waals surface area contributed by atoms with Crippen molar-refractivity contribution < 1.29 is 9.90 Å². The van der Waals surface area contributed by atoms with Gasteiger partial charge in [-0.1, -0.05) is 31.7 Å². The summed E-state index contributed by atoms with van der Waals surface area (Å²) >= 11 is 0. The van der Waals surface area contributed by atoms with Gasteiger partial charge in [-0.05, 0) is 62.5 Å². The number of piperidine rings is 1. The molecule has 2 N–H and O–H groups in total. The summed E-state index contributed by atoms with van der Waals surface area (Å²) < 4.78 is 0. The number of carboxylic acids is 1. The number of carboxylic acid groups (broad SMARTS) is 1. The van der Waals surface area contributed by atoms with Gasteiger partial charge in [-0.3, -0.25) is 4.79 Å². The minimum atomic E-state index is -0.657. The molecule has 1 aromatic rings. The SMILES string of the molecule is Cc1ccc(NC2CCN(CC3(CCCCC(=O)O)CCCCC3)CC2)nc1. The van der Waals surface area contributed by atoms with Gasteiger partial charge in [0.1, 0.15) is 5.82 Å². The maximum atomic E-state index is 10.8. The molecule has 1 saturated carbocycles. The Morgan fingerprint density at radius 1 is 1.21 bits per heavy atom. The molecule has 2 aliphatic rings. The lowest BCUT2D eigenvalue weighted by Crippen LogP contribution is -2.45. The highest BCUT2D eigenvalue weighted by atomic mass is 16.4. The maximum absolute atomic E-state index is 10.8. The van der Waals surface area contributed by atoms with E-state index in [0.717, 1.165) is 31.7 Å². The van der Waals surface area contributed by atoms with Gasteiger partial charge in [0.05, 0.1) is 0 Å². The molecule has 1 aliphatic heterocycles. The summed E-state index contributed by atoms with van der Waals surface area (Å²) in [7, 11) is 0. The lowest BCUT2D eigenvalue weighted by molar-refractivity contribution is -0.137. The van der Waals surface area contributed by atoms with Gasteiger partial charge >= 0.3 is 5.97 Å². The van der Waals surface area contributed by atoms with E-state index in [0.29, 0.717) is 17.9 Å². The largest absolute Gasteiger partial charge is 0.481 e. The molecular formula is C23H37N3O2. The van der Waals surface area contributed by atoms with Gasteiger partial charge in [-0.15, -0.1) is 0 Å². The van der Waals surface area contributed by atoms with Crippen molar-refractivity contribution in [3.05, 3.63) is 23.9 Å². The molecule has 0 unspecified atom stereocenters. The molecule has 0 aromatic carbocycles. The van der Waals surface area contributed by atoms with Crippen LogP contribution in [-0.4, -0.2) is 46.6 Å². The topological polar surface area (TPSA) is 65.5 Å². The van der Waals surface area contributed by atoms with E-state index in [9.17, 15) is 4.79 Å².